The fraction of sp³-hybridized carbons (Fsp3) is 0.409. The fourth-order valence-electron chi connectivity index (χ4n) is 3.57. The Kier molecular flexibility index (Phi) is 10.1. The number of benzene rings is 2. The minimum atomic E-state index is -3.61. The number of thioether (sulfide) groups is 1. The summed E-state index contributed by atoms with van der Waals surface area (Å²) in [6, 6.07) is 10.2. The van der Waals surface area contributed by atoms with Gasteiger partial charge in [-0.25, -0.2) is 12.7 Å². The Morgan fingerprint density at radius 1 is 1.09 bits per heavy atom. The molecule has 2 aromatic rings. The third kappa shape index (κ3) is 7.66. The highest BCUT2D eigenvalue weighted by molar-refractivity contribution is 7.98. The lowest BCUT2D eigenvalue weighted by atomic mass is 9.99. The zero-order chi connectivity index (χ0) is 24.0. The van der Waals surface area contributed by atoms with Crippen molar-refractivity contribution < 1.29 is 13.2 Å². The molecule has 1 heterocycles. The second-order valence-electron chi connectivity index (χ2n) is 7.73. The van der Waals surface area contributed by atoms with E-state index in [0.717, 1.165) is 5.56 Å². The quantitative estimate of drug-likeness (QED) is 0.382. The Balaban J connectivity index is 1.47. The van der Waals surface area contributed by atoms with Crippen LogP contribution in [0.4, 0.5) is 0 Å². The summed E-state index contributed by atoms with van der Waals surface area (Å²) in [6.45, 7) is 1.04. The van der Waals surface area contributed by atoms with Gasteiger partial charge in [-0.15, -0.1) is 0 Å². The number of piperidine rings is 1. The van der Waals surface area contributed by atoms with E-state index < -0.39 is 10.0 Å². The van der Waals surface area contributed by atoms with E-state index in [0.29, 0.717) is 63.1 Å². The molecule has 0 aromatic heterocycles. The van der Waals surface area contributed by atoms with Gasteiger partial charge in [0.15, 0.2) is 0 Å². The highest BCUT2D eigenvalue weighted by atomic mass is 35.5. The molecule has 0 radical (unpaired) electrons. The molecule has 1 N–H and O–H groups in total. The summed E-state index contributed by atoms with van der Waals surface area (Å²) in [5.41, 5.74) is 1.37. The maximum atomic E-state index is 12.9. The minimum Gasteiger partial charge on any atom is -0.355 e. The first kappa shape index (κ1) is 26.9. The summed E-state index contributed by atoms with van der Waals surface area (Å²) in [4.78, 5) is 12.6. The molecule has 5 nitrogen and oxygen atoms in total. The summed E-state index contributed by atoms with van der Waals surface area (Å²) in [6.07, 6.45) is 1.29. The van der Waals surface area contributed by atoms with Gasteiger partial charge in [-0.1, -0.05) is 58.5 Å². The van der Waals surface area contributed by atoms with Crippen LogP contribution in [0, 0.1) is 5.92 Å². The van der Waals surface area contributed by atoms with Gasteiger partial charge in [0, 0.05) is 51.2 Å². The monoisotopic (exact) mass is 568 g/mol. The van der Waals surface area contributed by atoms with E-state index in [4.69, 9.17) is 46.4 Å². The predicted molar refractivity (Wildman–Crippen MR) is 139 cm³/mol. The van der Waals surface area contributed by atoms with Gasteiger partial charge in [0.05, 0.1) is 11.7 Å². The number of hydrogen-bond acceptors (Lipinski definition) is 4. The van der Waals surface area contributed by atoms with Crippen LogP contribution in [0.5, 0.6) is 0 Å². The predicted octanol–water partition coefficient (Wildman–Crippen LogP) is 5.89. The molecule has 180 valence electrons. The van der Waals surface area contributed by atoms with Crippen molar-refractivity contribution in [2.24, 2.45) is 5.92 Å². The zero-order valence-electron chi connectivity index (χ0n) is 17.7. The number of amides is 1. The molecular weight excluding hydrogens is 546 g/mol. The number of carbonyl (C=O) groups is 1. The molecular formula is C22H24Cl4N2O3S2. The minimum absolute atomic E-state index is 0.129. The first-order chi connectivity index (χ1) is 15.7. The highest BCUT2D eigenvalue weighted by Gasteiger charge is 2.32. The van der Waals surface area contributed by atoms with Crippen molar-refractivity contribution >= 4 is 74.1 Å². The molecule has 0 saturated carbocycles. The van der Waals surface area contributed by atoms with E-state index in [1.807, 2.05) is 0 Å². The van der Waals surface area contributed by atoms with Crippen LogP contribution >= 0.6 is 58.2 Å². The number of rotatable bonds is 9. The van der Waals surface area contributed by atoms with E-state index in [-0.39, 0.29) is 24.1 Å². The van der Waals surface area contributed by atoms with E-state index in [1.165, 1.54) is 10.4 Å². The van der Waals surface area contributed by atoms with Crippen LogP contribution in [0.15, 0.2) is 36.4 Å². The first-order valence-corrected chi connectivity index (χ1v) is 14.6. The molecule has 0 spiro atoms. The van der Waals surface area contributed by atoms with E-state index in [9.17, 15) is 13.2 Å². The second-order valence-corrected chi connectivity index (χ2v) is 12.5. The van der Waals surface area contributed by atoms with Crippen LogP contribution in [0.3, 0.4) is 0 Å². The van der Waals surface area contributed by atoms with Crippen LogP contribution in [0.25, 0.3) is 0 Å². The second kappa shape index (κ2) is 12.3. The van der Waals surface area contributed by atoms with Crippen LogP contribution in [0.2, 0.25) is 20.1 Å². The molecule has 1 aliphatic rings. The topological polar surface area (TPSA) is 66.5 Å². The van der Waals surface area contributed by atoms with Crippen LogP contribution < -0.4 is 5.32 Å². The van der Waals surface area contributed by atoms with E-state index >= 15 is 0 Å². The highest BCUT2D eigenvalue weighted by Crippen LogP contribution is 2.28. The normalized spacial score (nSPS) is 17.2. The largest absolute Gasteiger partial charge is 0.355 e. The van der Waals surface area contributed by atoms with E-state index in [2.05, 4.69) is 5.32 Å². The lowest BCUT2D eigenvalue weighted by Gasteiger charge is -2.31. The molecule has 1 fully saturated rings. The van der Waals surface area contributed by atoms with Gasteiger partial charge in [-0.2, -0.15) is 11.8 Å². The Labute approximate surface area is 219 Å². The van der Waals surface area contributed by atoms with Gasteiger partial charge in [-0.05, 0) is 48.2 Å². The third-order valence-corrected chi connectivity index (χ3v) is 9.43. The molecule has 33 heavy (non-hydrogen) atoms. The average molecular weight is 570 g/mol. The van der Waals surface area contributed by atoms with Crippen LogP contribution in [-0.4, -0.2) is 44.0 Å². The summed E-state index contributed by atoms with van der Waals surface area (Å²) in [7, 11) is -3.61. The number of carbonyl (C=O) groups excluding carboxylic acids is 1. The van der Waals surface area contributed by atoms with Crippen molar-refractivity contribution in [1.82, 2.24) is 9.62 Å². The third-order valence-electron chi connectivity index (χ3n) is 5.36. The maximum absolute atomic E-state index is 12.9. The molecule has 1 aliphatic heterocycles. The molecule has 0 aliphatic carbocycles. The van der Waals surface area contributed by atoms with Gasteiger partial charge in [-0.3, -0.25) is 4.79 Å². The van der Waals surface area contributed by atoms with Gasteiger partial charge < -0.3 is 5.32 Å². The number of nitrogens with one attached hydrogen (secondary N) is 1. The number of sulfonamides is 1. The van der Waals surface area contributed by atoms with E-state index in [1.54, 1.807) is 42.1 Å². The van der Waals surface area contributed by atoms with Gasteiger partial charge in [0.2, 0.25) is 15.9 Å². The van der Waals surface area contributed by atoms with Gasteiger partial charge >= 0.3 is 0 Å². The Morgan fingerprint density at radius 3 is 2.52 bits per heavy atom. The summed E-state index contributed by atoms with van der Waals surface area (Å²) < 4.78 is 27.2. The summed E-state index contributed by atoms with van der Waals surface area (Å²) in [5, 5.41) is 4.94. The lowest BCUT2D eigenvalue weighted by Crippen LogP contribution is -2.46. The van der Waals surface area contributed by atoms with Crippen molar-refractivity contribution in [3.05, 3.63) is 67.6 Å². The summed E-state index contributed by atoms with van der Waals surface area (Å²) in [5.74, 6) is 0.611. The fourth-order valence-corrected chi connectivity index (χ4v) is 7.36. The lowest BCUT2D eigenvalue weighted by molar-refractivity contribution is -0.125. The molecule has 11 heteroatoms. The number of hydrogen-bond donors (Lipinski definition) is 1. The Morgan fingerprint density at radius 2 is 1.82 bits per heavy atom. The maximum Gasteiger partial charge on any atom is 0.224 e. The number of nitrogens with zero attached hydrogens (tertiary/aromatic N) is 1. The van der Waals surface area contributed by atoms with Crippen molar-refractivity contribution in [2.75, 3.05) is 25.4 Å². The zero-order valence-corrected chi connectivity index (χ0v) is 22.4. The van der Waals surface area contributed by atoms with Crippen molar-refractivity contribution in [2.45, 2.75) is 24.3 Å². The van der Waals surface area contributed by atoms with Crippen LogP contribution in [0.1, 0.15) is 24.0 Å². The van der Waals surface area contributed by atoms with Gasteiger partial charge in [0.25, 0.3) is 0 Å². The Bertz CT molecular complexity index is 1080. The molecule has 1 atom stereocenters. The summed E-state index contributed by atoms with van der Waals surface area (Å²) >= 11 is 26.0. The molecule has 1 unspecified atom stereocenters. The first-order valence-electron chi connectivity index (χ1n) is 10.4. The van der Waals surface area contributed by atoms with Crippen molar-refractivity contribution in [1.29, 1.82) is 0 Å². The SMILES string of the molecule is O=C(NCCSCc1c(Cl)cccc1Cl)C1CCCN(S(=O)(=O)Cc2ccc(Cl)cc2Cl)C1. The van der Waals surface area contributed by atoms with Crippen molar-refractivity contribution in [3.63, 3.8) is 0 Å². The smallest absolute Gasteiger partial charge is 0.224 e. The van der Waals surface area contributed by atoms with Crippen molar-refractivity contribution in [3.8, 4) is 0 Å². The average Bonchev–Trinajstić information content (AvgIpc) is 2.77. The molecule has 2 aromatic carbocycles. The Hall–Kier alpha value is -0.670. The standard InChI is InChI=1S/C22H24Cl4N2O3S2/c23-17-7-6-16(21(26)11-17)14-33(30,31)28-9-2-3-15(12-28)22(29)27-8-10-32-13-18-19(24)4-1-5-20(18)25/h1,4-7,11,15H,2-3,8-10,12-14H2,(H,27,29). The molecule has 1 amide bonds. The number of halogens is 4. The molecule has 1 saturated heterocycles. The van der Waals surface area contributed by atoms with Gasteiger partial charge in [0.1, 0.15) is 0 Å². The van der Waals surface area contributed by atoms with Crippen LogP contribution in [-0.2, 0) is 26.3 Å². The molecule has 0 bridgehead atoms. The molecule has 3 rings (SSSR count).